The second kappa shape index (κ2) is 13.5. The molecule has 226 valence electrons. The van der Waals surface area contributed by atoms with E-state index in [0.29, 0.717) is 23.1 Å². The predicted octanol–water partition coefficient (Wildman–Crippen LogP) is 6.01. The molecule has 2 aliphatic rings. The van der Waals surface area contributed by atoms with Crippen molar-refractivity contribution in [1.82, 2.24) is 14.7 Å². The zero-order valence-corrected chi connectivity index (χ0v) is 26.6. The van der Waals surface area contributed by atoms with Crippen LogP contribution in [-0.4, -0.2) is 92.2 Å². The highest BCUT2D eigenvalue weighted by molar-refractivity contribution is 8.02. The van der Waals surface area contributed by atoms with Gasteiger partial charge in [-0.1, -0.05) is 47.5 Å². The highest BCUT2D eigenvalue weighted by atomic mass is 35.5. The summed E-state index contributed by atoms with van der Waals surface area (Å²) in [7, 11) is -1.55. The summed E-state index contributed by atoms with van der Waals surface area (Å²) in [4.78, 5) is 7.02. The molecule has 2 aliphatic heterocycles. The topological polar surface area (TPSA) is 43.9 Å². The van der Waals surface area contributed by atoms with E-state index < -0.39 is 32.0 Å². The molecule has 0 spiro atoms. The van der Waals surface area contributed by atoms with Crippen LogP contribution < -0.4 is 0 Å². The maximum atomic E-state index is 13.8. The minimum atomic E-state index is -3.67. The van der Waals surface area contributed by atoms with Crippen molar-refractivity contribution in [2.45, 2.75) is 16.5 Å². The van der Waals surface area contributed by atoms with Gasteiger partial charge in [0.25, 0.3) is 0 Å². The Labute approximate surface area is 261 Å². The molecule has 0 amide bonds. The van der Waals surface area contributed by atoms with Gasteiger partial charge in [-0.15, -0.1) is 0 Å². The lowest BCUT2D eigenvalue weighted by molar-refractivity contribution is 0.103. The van der Waals surface area contributed by atoms with Gasteiger partial charge in [0.15, 0.2) is 9.84 Å². The molecule has 0 aliphatic carbocycles. The van der Waals surface area contributed by atoms with Crippen LogP contribution in [0.2, 0.25) is 10.0 Å². The van der Waals surface area contributed by atoms with E-state index >= 15 is 0 Å². The van der Waals surface area contributed by atoms with Crippen LogP contribution in [0.3, 0.4) is 0 Å². The second-order valence-corrected chi connectivity index (χ2v) is 15.9. The summed E-state index contributed by atoms with van der Waals surface area (Å²) in [5.41, 5.74) is 2.23. The van der Waals surface area contributed by atoms with E-state index in [4.69, 9.17) is 23.2 Å². The molecule has 5 nitrogen and oxygen atoms in total. The van der Waals surface area contributed by atoms with E-state index in [-0.39, 0.29) is 17.4 Å². The first-order chi connectivity index (χ1) is 20.0. The van der Waals surface area contributed by atoms with Crippen molar-refractivity contribution in [3.05, 3.63) is 105 Å². The zero-order valence-electron chi connectivity index (χ0n) is 23.5. The SMILES string of the molecule is CN1CCN(CCSC2(CS(=O)(=O)Cc3cc(F)cc(F)c3)CN(C(c3ccc(Cl)cc3)c3ccc(Cl)cc3)C2)CC1. The molecular weight excluding hydrogens is 619 g/mol. The Balaban J connectivity index is 1.36. The number of hydrogen-bond acceptors (Lipinski definition) is 6. The molecule has 3 aromatic carbocycles. The van der Waals surface area contributed by atoms with Crippen molar-refractivity contribution < 1.29 is 17.2 Å². The van der Waals surface area contributed by atoms with Gasteiger partial charge in [0, 0.05) is 67.7 Å². The van der Waals surface area contributed by atoms with Gasteiger partial charge in [0.05, 0.1) is 22.3 Å². The summed E-state index contributed by atoms with van der Waals surface area (Å²) in [5.74, 6) is -1.23. The number of hydrogen-bond donors (Lipinski definition) is 0. The maximum Gasteiger partial charge on any atom is 0.155 e. The van der Waals surface area contributed by atoms with E-state index in [1.54, 1.807) is 11.8 Å². The number of likely N-dealkylation sites (N-methyl/N-ethyl adjacent to an activating group) is 1. The van der Waals surface area contributed by atoms with Crippen LogP contribution in [0.5, 0.6) is 0 Å². The van der Waals surface area contributed by atoms with Crippen molar-refractivity contribution in [2.75, 3.05) is 64.4 Å². The normalized spacial score (nSPS) is 18.3. The molecule has 42 heavy (non-hydrogen) atoms. The van der Waals surface area contributed by atoms with Crippen molar-refractivity contribution in [2.24, 2.45) is 0 Å². The summed E-state index contributed by atoms with van der Waals surface area (Å²) in [6.45, 7) is 6.01. The van der Waals surface area contributed by atoms with Crippen LogP contribution in [0.1, 0.15) is 22.7 Å². The number of benzene rings is 3. The van der Waals surface area contributed by atoms with Crippen LogP contribution in [0.25, 0.3) is 0 Å². The van der Waals surface area contributed by atoms with E-state index in [9.17, 15) is 17.2 Å². The lowest BCUT2D eigenvalue weighted by atomic mass is 9.90. The molecule has 0 atom stereocenters. The van der Waals surface area contributed by atoms with Crippen LogP contribution >= 0.6 is 35.0 Å². The minimum absolute atomic E-state index is 0.0734. The van der Waals surface area contributed by atoms with Gasteiger partial charge in [-0.25, -0.2) is 17.2 Å². The lowest BCUT2D eigenvalue weighted by Crippen LogP contribution is -2.64. The van der Waals surface area contributed by atoms with Gasteiger partial charge >= 0.3 is 0 Å². The fourth-order valence-electron chi connectivity index (χ4n) is 5.87. The number of sulfone groups is 1. The first kappa shape index (κ1) is 31.7. The standard InChI is InChI=1S/C31H35Cl2F2N3O2S2/c1-36-10-12-37(13-11-36)14-15-41-31(22-42(39,40)19-23-16-28(34)18-29(35)17-23)20-38(21-31)30(24-2-6-26(32)7-3-24)25-4-8-27(33)9-5-25/h2-9,16-18,30H,10-15,19-22H2,1H3. The molecule has 0 N–H and O–H groups in total. The molecule has 0 radical (unpaired) electrons. The molecule has 11 heteroatoms. The molecule has 2 heterocycles. The van der Waals surface area contributed by atoms with Crippen LogP contribution in [0.15, 0.2) is 66.7 Å². The summed E-state index contributed by atoms with van der Waals surface area (Å²) < 4.78 is 54.1. The van der Waals surface area contributed by atoms with Crippen LogP contribution in [0, 0.1) is 11.6 Å². The van der Waals surface area contributed by atoms with E-state index in [0.717, 1.165) is 67.8 Å². The Bertz CT molecular complexity index is 1400. The molecule has 0 bridgehead atoms. The lowest BCUT2D eigenvalue weighted by Gasteiger charge is -2.53. The minimum Gasteiger partial charge on any atom is -0.304 e. The van der Waals surface area contributed by atoms with Crippen molar-refractivity contribution in [3.8, 4) is 0 Å². The summed E-state index contributed by atoms with van der Waals surface area (Å²) in [5, 5.41) is 1.29. The second-order valence-electron chi connectivity index (χ2n) is 11.4. The average Bonchev–Trinajstić information content (AvgIpc) is 2.90. The molecule has 3 aromatic rings. The largest absolute Gasteiger partial charge is 0.304 e. The molecule has 0 saturated carbocycles. The quantitative estimate of drug-likeness (QED) is 0.253. The third kappa shape index (κ3) is 8.25. The molecule has 0 unspecified atom stereocenters. The summed E-state index contributed by atoms with van der Waals surface area (Å²) in [6.07, 6.45) is 0. The summed E-state index contributed by atoms with van der Waals surface area (Å²) in [6, 6.07) is 18.3. The number of piperazine rings is 1. The van der Waals surface area contributed by atoms with Gasteiger partial charge < -0.3 is 4.90 Å². The monoisotopic (exact) mass is 653 g/mol. The predicted molar refractivity (Wildman–Crippen MR) is 169 cm³/mol. The van der Waals surface area contributed by atoms with Gasteiger partial charge in [0.2, 0.25) is 0 Å². The highest BCUT2D eigenvalue weighted by Gasteiger charge is 2.49. The number of thioether (sulfide) groups is 1. The maximum absolute atomic E-state index is 13.8. The van der Waals surface area contributed by atoms with Gasteiger partial charge in [-0.3, -0.25) is 9.80 Å². The Morgan fingerprint density at radius 3 is 1.90 bits per heavy atom. The Morgan fingerprint density at radius 2 is 1.38 bits per heavy atom. The fraction of sp³-hybridized carbons (Fsp3) is 0.419. The summed E-state index contributed by atoms with van der Waals surface area (Å²) >= 11 is 14.1. The van der Waals surface area contributed by atoms with Crippen molar-refractivity contribution in [1.29, 1.82) is 0 Å². The molecule has 2 saturated heterocycles. The molecule has 5 rings (SSSR count). The molecule has 0 aromatic heterocycles. The van der Waals surface area contributed by atoms with E-state index in [2.05, 4.69) is 21.7 Å². The van der Waals surface area contributed by atoms with Crippen LogP contribution in [0.4, 0.5) is 8.78 Å². The Hall–Kier alpha value is -1.72. The number of halogens is 4. The van der Waals surface area contributed by atoms with E-state index in [1.165, 1.54) is 0 Å². The van der Waals surface area contributed by atoms with Crippen molar-refractivity contribution in [3.63, 3.8) is 0 Å². The van der Waals surface area contributed by atoms with Gasteiger partial charge in [-0.05, 0) is 60.1 Å². The zero-order chi connectivity index (χ0) is 29.9. The van der Waals surface area contributed by atoms with E-state index in [1.807, 2.05) is 48.5 Å². The number of likely N-dealkylation sites (tertiary alicyclic amines) is 1. The third-order valence-corrected chi connectivity index (χ3v) is 11.8. The first-order valence-corrected chi connectivity index (χ1v) is 17.5. The number of nitrogens with zero attached hydrogens (tertiary/aromatic N) is 3. The third-order valence-electron chi connectivity index (χ3n) is 7.92. The van der Waals surface area contributed by atoms with Crippen molar-refractivity contribution >= 4 is 44.8 Å². The fourth-order valence-corrected chi connectivity index (χ4v) is 10.0. The smallest absolute Gasteiger partial charge is 0.155 e. The van der Waals surface area contributed by atoms with Crippen LogP contribution in [-0.2, 0) is 15.6 Å². The Morgan fingerprint density at radius 1 is 0.857 bits per heavy atom. The van der Waals surface area contributed by atoms with Gasteiger partial charge in [0.1, 0.15) is 11.6 Å². The molecule has 2 fully saturated rings. The Kier molecular flexibility index (Phi) is 10.2. The molecular formula is C31H35Cl2F2N3O2S2. The first-order valence-electron chi connectivity index (χ1n) is 13.9. The average molecular weight is 655 g/mol. The number of rotatable bonds is 11. The highest BCUT2D eigenvalue weighted by Crippen LogP contribution is 2.44. The van der Waals surface area contributed by atoms with Gasteiger partial charge in [-0.2, -0.15) is 11.8 Å².